The molecular formula is C19H18FN3O2. The van der Waals surface area contributed by atoms with Gasteiger partial charge >= 0.3 is 5.97 Å². The minimum atomic E-state index is -0.569. The summed E-state index contributed by atoms with van der Waals surface area (Å²) in [4.78, 5) is 20.7. The number of benzene rings is 2. The molecule has 3 aromatic rings. The second-order valence-corrected chi connectivity index (χ2v) is 5.70. The van der Waals surface area contributed by atoms with Gasteiger partial charge in [0.1, 0.15) is 18.0 Å². The first-order valence-corrected chi connectivity index (χ1v) is 7.87. The van der Waals surface area contributed by atoms with Gasteiger partial charge in [-0.05, 0) is 36.2 Å². The van der Waals surface area contributed by atoms with Crippen LogP contribution in [0.25, 0.3) is 10.9 Å². The second kappa shape index (κ2) is 7.25. The van der Waals surface area contributed by atoms with E-state index in [0.29, 0.717) is 11.4 Å². The van der Waals surface area contributed by atoms with Gasteiger partial charge in [0.2, 0.25) is 0 Å². The van der Waals surface area contributed by atoms with E-state index in [1.165, 1.54) is 25.6 Å². The SMILES string of the molecule is COC(=O)C(CNc1ncnc2c(C)cccc12)c1ccc(F)cc1. The Balaban J connectivity index is 1.88. The van der Waals surface area contributed by atoms with E-state index in [1.807, 2.05) is 25.1 Å². The van der Waals surface area contributed by atoms with Crippen molar-refractivity contribution in [3.05, 3.63) is 65.7 Å². The summed E-state index contributed by atoms with van der Waals surface area (Å²) in [5, 5.41) is 4.08. The standard InChI is InChI=1S/C19H18FN3O2/c1-12-4-3-5-15-17(12)22-11-23-18(15)21-10-16(19(24)25-2)13-6-8-14(20)9-7-13/h3-9,11,16H,10H2,1-2H3,(H,21,22,23). The second-order valence-electron chi connectivity index (χ2n) is 5.70. The Bertz CT molecular complexity index is 897. The number of methoxy groups -OCH3 is 1. The molecule has 0 aliphatic rings. The predicted octanol–water partition coefficient (Wildman–Crippen LogP) is 3.45. The number of hydrogen-bond donors (Lipinski definition) is 1. The molecule has 1 heterocycles. The number of nitrogens with one attached hydrogen (secondary N) is 1. The molecule has 0 saturated heterocycles. The zero-order chi connectivity index (χ0) is 17.8. The molecule has 0 aliphatic heterocycles. The van der Waals surface area contributed by atoms with E-state index in [4.69, 9.17) is 4.74 Å². The number of halogens is 1. The van der Waals surface area contributed by atoms with E-state index in [-0.39, 0.29) is 12.4 Å². The molecule has 6 heteroatoms. The van der Waals surface area contributed by atoms with Crippen LogP contribution in [0.1, 0.15) is 17.0 Å². The molecular weight excluding hydrogens is 321 g/mol. The van der Waals surface area contributed by atoms with Crippen LogP contribution in [-0.4, -0.2) is 29.6 Å². The molecule has 0 spiro atoms. The zero-order valence-electron chi connectivity index (χ0n) is 14.0. The molecule has 0 fully saturated rings. The highest BCUT2D eigenvalue weighted by Gasteiger charge is 2.22. The first-order valence-electron chi connectivity index (χ1n) is 7.87. The maximum Gasteiger partial charge on any atom is 0.314 e. The third kappa shape index (κ3) is 3.57. The van der Waals surface area contributed by atoms with Gasteiger partial charge in [-0.3, -0.25) is 4.79 Å². The topological polar surface area (TPSA) is 64.1 Å². The monoisotopic (exact) mass is 339 g/mol. The first-order chi connectivity index (χ1) is 12.1. The maximum atomic E-state index is 13.1. The number of aryl methyl sites for hydroxylation is 1. The molecule has 5 nitrogen and oxygen atoms in total. The van der Waals surface area contributed by atoms with E-state index in [0.717, 1.165) is 16.5 Å². The summed E-state index contributed by atoms with van der Waals surface area (Å²) in [6.07, 6.45) is 1.49. The van der Waals surface area contributed by atoms with Crippen molar-refractivity contribution in [2.75, 3.05) is 19.0 Å². The lowest BCUT2D eigenvalue weighted by atomic mass is 9.99. The Hall–Kier alpha value is -3.02. The predicted molar refractivity (Wildman–Crippen MR) is 93.9 cm³/mol. The molecule has 0 bridgehead atoms. The summed E-state index contributed by atoms with van der Waals surface area (Å²) < 4.78 is 18.0. The van der Waals surface area contributed by atoms with Crippen molar-refractivity contribution in [1.29, 1.82) is 0 Å². The largest absolute Gasteiger partial charge is 0.468 e. The number of aromatic nitrogens is 2. The smallest absolute Gasteiger partial charge is 0.314 e. The number of fused-ring (bicyclic) bond motifs is 1. The number of esters is 1. The van der Waals surface area contributed by atoms with E-state index in [2.05, 4.69) is 15.3 Å². The third-order valence-electron chi connectivity index (χ3n) is 4.10. The average Bonchev–Trinajstić information content (AvgIpc) is 2.63. The molecule has 1 atom stereocenters. The summed E-state index contributed by atoms with van der Waals surface area (Å²) in [6.45, 7) is 2.26. The summed E-state index contributed by atoms with van der Waals surface area (Å²) in [5.41, 5.74) is 2.58. The van der Waals surface area contributed by atoms with E-state index < -0.39 is 11.9 Å². The fraction of sp³-hybridized carbons (Fsp3) is 0.211. The van der Waals surface area contributed by atoms with E-state index in [1.54, 1.807) is 12.1 Å². The minimum absolute atomic E-state index is 0.276. The summed E-state index contributed by atoms with van der Waals surface area (Å²) in [7, 11) is 1.34. The number of rotatable bonds is 5. The van der Waals surface area contributed by atoms with Crippen LogP contribution in [0.5, 0.6) is 0 Å². The number of carbonyl (C=O) groups is 1. The molecule has 1 unspecified atom stereocenters. The van der Waals surface area contributed by atoms with Gasteiger partial charge in [-0.15, -0.1) is 0 Å². The molecule has 1 aromatic heterocycles. The molecule has 0 aliphatic carbocycles. The van der Waals surface area contributed by atoms with Crippen LogP contribution in [-0.2, 0) is 9.53 Å². The van der Waals surface area contributed by atoms with Gasteiger partial charge in [0.15, 0.2) is 0 Å². The summed E-state index contributed by atoms with van der Waals surface area (Å²) in [5.74, 6) is -0.670. The quantitative estimate of drug-likeness (QED) is 0.721. The number of ether oxygens (including phenoxy) is 1. The Morgan fingerprint density at radius 1 is 1.20 bits per heavy atom. The van der Waals surface area contributed by atoms with Crippen molar-refractivity contribution >= 4 is 22.7 Å². The highest BCUT2D eigenvalue weighted by atomic mass is 19.1. The molecule has 2 aromatic carbocycles. The maximum absolute atomic E-state index is 13.1. The van der Waals surface area contributed by atoms with Gasteiger partial charge in [0.05, 0.1) is 18.5 Å². The first kappa shape index (κ1) is 16.8. The average molecular weight is 339 g/mol. The van der Waals surface area contributed by atoms with E-state index in [9.17, 15) is 9.18 Å². The Morgan fingerprint density at radius 2 is 1.96 bits per heavy atom. The third-order valence-corrected chi connectivity index (χ3v) is 4.10. The fourth-order valence-electron chi connectivity index (χ4n) is 2.75. The summed E-state index contributed by atoms with van der Waals surface area (Å²) >= 11 is 0. The van der Waals surface area contributed by atoms with Crippen molar-refractivity contribution in [2.45, 2.75) is 12.8 Å². The Kier molecular flexibility index (Phi) is 4.88. The van der Waals surface area contributed by atoms with Crippen molar-refractivity contribution in [3.8, 4) is 0 Å². The Morgan fingerprint density at radius 3 is 2.68 bits per heavy atom. The van der Waals surface area contributed by atoms with Crippen molar-refractivity contribution in [2.24, 2.45) is 0 Å². The van der Waals surface area contributed by atoms with E-state index >= 15 is 0 Å². The van der Waals surface area contributed by atoms with Gasteiger partial charge in [0, 0.05) is 11.9 Å². The zero-order valence-corrected chi connectivity index (χ0v) is 14.0. The van der Waals surface area contributed by atoms with Gasteiger partial charge in [0.25, 0.3) is 0 Å². The van der Waals surface area contributed by atoms with Crippen LogP contribution in [0.4, 0.5) is 10.2 Å². The normalized spacial score (nSPS) is 12.0. The highest BCUT2D eigenvalue weighted by Crippen LogP contribution is 2.24. The van der Waals surface area contributed by atoms with Crippen LogP contribution < -0.4 is 5.32 Å². The van der Waals surface area contributed by atoms with Gasteiger partial charge in [-0.25, -0.2) is 14.4 Å². The van der Waals surface area contributed by atoms with Crippen molar-refractivity contribution < 1.29 is 13.9 Å². The molecule has 128 valence electrons. The fourth-order valence-corrected chi connectivity index (χ4v) is 2.75. The molecule has 0 amide bonds. The number of para-hydroxylation sites is 1. The van der Waals surface area contributed by atoms with Crippen molar-refractivity contribution in [1.82, 2.24) is 9.97 Å². The lowest BCUT2D eigenvalue weighted by molar-refractivity contribution is -0.142. The molecule has 1 N–H and O–H groups in total. The lowest BCUT2D eigenvalue weighted by Gasteiger charge is -2.17. The molecule has 25 heavy (non-hydrogen) atoms. The number of hydrogen-bond acceptors (Lipinski definition) is 5. The van der Waals surface area contributed by atoms with Crippen molar-refractivity contribution in [3.63, 3.8) is 0 Å². The molecule has 0 radical (unpaired) electrons. The van der Waals surface area contributed by atoms with Gasteiger partial charge < -0.3 is 10.1 Å². The summed E-state index contributed by atoms with van der Waals surface area (Å²) in [6, 6.07) is 11.7. The van der Waals surface area contributed by atoms with Crippen LogP contribution in [0.2, 0.25) is 0 Å². The van der Waals surface area contributed by atoms with Gasteiger partial charge in [-0.1, -0.05) is 24.3 Å². The van der Waals surface area contributed by atoms with Crippen LogP contribution in [0, 0.1) is 12.7 Å². The van der Waals surface area contributed by atoms with Crippen LogP contribution >= 0.6 is 0 Å². The minimum Gasteiger partial charge on any atom is -0.468 e. The number of anilines is 1. The number of carbonyl (C=O) groups excluding carboxylic acids is 1. The van der Waals surface area contributed by atoms with Crippen LogP contribution in [0.15, 0.2) is 48.8 Å². The highest BCUT2D eigenvalue weighted by molar-refractivity contribution is 5.91. The number of nitrogens with zero attached hydrogens (tertiary/aromatic N) is 2. The van der Waals surface area contributed by atoms with Crippen LogP contribution in [0.3, 0.4) is 0 Å². The van der Waals surface area contributed by atoms with Gasteiger partial charge in [-0.2, -0.15) is 0 Å². The molecule has 0 saturated carbocycles. The molecule has 3 rings (SSSR count). The Labute approximate surface area is 144 Å². The lowest BCUT2D eigenvalue weighted by Crippen LogP contribution is -2.23.